The Labute approximate surface area is 152 Å². The molecule has 0 aliphatic heterocycles. The van der Waals surface area contributed by atoms with Crippen LogP contribution >= 0.6 is 11.3 Å². The molecule has 0 saturated carbocycles. The third kappa shape index (κ3) is 3.18. The highest BCUT2D eigenvalue weighted by molar-refractivity contribution is 7.16. The van der Waals surface area contributed by atoms with Crippen LogP contribution < -0.4 is 5.32 Å². The number of carbonyl (C=O) groups excluding carboxylic acids is 1. The van der Waals surface area contributed by atoms with E-state index in [-0.39, 0.29) is 18.3 Å². The van der Waals surface area contributed by atoms with Gasteiger partial charge >= 0.3 is 0 Å². The predicted octanol–water partition coefficient (Wildman–Crippen LogP) is 3.64. The van der Waals surface area contributed by atoms with E-state index in [0.717, 1.165) is 27.2 Å². The molecule has 0 aliphatic rings. The van der Waals surface area contributed by atoms with Gasteiger partial charge < -0.3 is 5.32 Å². The Bertz CT molecular complexity index is 1090. The number of nitrogens with zero attached hydrogens (tertiary/aromatic N) is 4. The van der Waals surface area contributed by atoms with Gasteiger partial charge in [-0.05, 0) is 43.3 Å². The molecule has 0 unspecified atom stereocenters. The highest BCUT2D eigenvalue weighted by atomic mass is 32.1. The van der Waals surface area contributed by atoms with Crippen molar-refractivity contribution >= 4 is 33.4 Å². The van der Waals surface area contributed by atoms with E-state index in [2.05, 4.69) is 20.6 Å². The Hall–Kier alpha value is -3.13. The average Bonchev–Trinajstić information content (AvgIpc) is 3.19. The molecule has 2 aromatic carbocycles. The summed E-state index contributed by atoms with van der Waals surface area (Å²) in [5.41, 5.74) is 3.08. The van der Waals surface area contributed by atoms with Crippen LogP contribution in [-0.4, -0.2) is 25.9 Å². The van der Waals surface area contributed by atoms with Crippen molar-refractivity contribution in [3.05, 3.63) is 59.2 Å². The normalized spacial score (nSPS) is 11.0. The van der Waals surface area contributed by atoms with E-state index in [4.69, 9.17) is 0 Å². The van der Waals surface area contributed by atoms with Gasteiger partial charge in [-0.15, -0.1) is 16.4 Å². The zero-order valence-electron chi connectivity index (χ0n) is 13.8. The Morgan fingerprint density at radius 1 is 1.19 bits per heavy atom. The molecule has 8 heteroatoms. The van der Waals surface area contributed by atoms with Gasteiger partial charge in [0.25, 0.3) is 0 Å². The molecule has 6 nitrogen and oxygen atoms in total. The molecular weight excluding hydrogens is 353 g/mol. The Kier molecular flexibility index (Phi) is 4.18. The van der Waals surface area contributed by atoms with E-state index in [1.807, 2.05) is 31.2 Å². The number of para-hydroxylation sites is 1. The summed E-state index contributed by atoms with van der Waals surface area (Å²) < 4.78 is 14.6. The first-order valence-electron chi connectivity index (χ1n) is 7.91. The monoisotopic (exact) mass is 367 g/mol. The van der Waals surface area contributed by atoms with Crippen LogP contribution in [0.15, 0.2) is 48.5 Å². The lowest BCUT2D eigenvalue weighted by atomic mass is 10.1. The number of anilines is 1. The van der Waals surface area contributed by atoms with E-state index < -0.39 is 0 Å². The van der Waals surface area contributed by atoms with Crippen LogP contribution in [0.4, 0.5) is 9.52 Å². The minimum atomic E-state index is -0.296. The molecule has 1 amide bonds. The maximum Gasteiger partial charge on any atom is 0.247 e. The van der Waals surface area contributed by atoms with Gasteiger partial charge in [-0.3, -0.25) is 4.79 Å². The number of halogens is 1. The van der Waals surface area contributed by atoms with Crippen LogP contribution in [0.3, 0.4) is 0 Å². The molecule has 0 bridgehead atoms. The van der Waals surface area contributed by atoms with Gasteiger partial charge in [0.2, 0.25) is 5.91 Å². The minimum Gasteiger partial charge on any atom is -0.300 e. The summed E-state index contributed by atoms with van der Waals surface area (Å²) in [7, 11) is 0. The molecule has 0 atom stereocenters. The smallest absolute Gasteiger partial charge is 0.247 e. The summed E-state index contributed by atoms with van der Waals surface area (Å²) in [6.07, 6.45) is 0. The van der Waals surface area contributed by atoms with Gasteiger partial charge in [0, 0.05) is 10.4 Å². The number of fused-ring (bicyclic) bond motifs is 1. The van der Waals surface area contributed by atoms with Gasteiger partial charge in [0.15, 0.2) is 5.13 Å². The molecule has 4 aromatic rings. The van der Waals surface area contributed by atoms with Crippen molar-refractivity contribution in [3.8, 4) is 11.3 Å². The number of amides is 1. The molecule has 0 saturated heterocycles. The van der Waals surface area contributed by atoms with Crippen LogP contribution in [0.2, 0.25) is 0 Å². The second-order valence-corrected chi connectivity index (χ2v) is 6.92. The van der Waals surface area contributed by atoms with E-state index in [0.29, 0.717) is 5.13 Å². The Morgan fingerprint density at radius 3 is 2.77 bits per heavy atom. The fraction of sp³-hybridized carbons (Fsp3) is 0.111. The zero-order chi connectivity index (χ0) is 18.1. The standard InChI is InChI=1S/C18H14FN5OS/c1-11-17(12-6-8-13(19)9-7-12)21-18(26-11)20-16(25)10-24-15-5-3-2-4-14(15)22-23-24/h2-9H,10H2,1H3,(H,20,21,25). The lowest BCUT2D eigenvalue weighted by molar-refractivity contribution is -0.116. The number of hydrogen-bond donors (Lipinski definition) is 1. The van der Waals surface area contributed by atoms with E-state index >= 15 is 0 Å². The van der Waals surface area contributed by atoms with Crippen LogP contribution in [0, 0.1) is 12.7 Å². The fourth-order valence-corrected chi connectivity index (χ4v) is 3.51. The molecule has 0 fully saturated rings. The van der Waals surface area contributed by atoms with Crippen molar-refractivity contribution in [1.82, 2.24) is 20.0 Å². The molecule has 0 spiro atoms. The van der Waals surface area contributed by atoms with Crippen molar-refractivity contribution in [3.63, 3.8) is 0 Å². The topological polar surface area (TPSA) is 72.7 Å². The van der Waals surface area contributed by atoms with E-state index in [9.17, 15) is 9.18 Å². The third-order valence-electron chi connectivity index (χ3n) is 3.87. The lowest BCUT2D eigenvalue weighted by Gasteiger charge is -2.02. The number of aromatic nitrogens is 4. The summed E-state index contributed by atoms with van der Waals surface area (Å²) >= 11 is 1.38. The number of aryl methyl sites for hydroxylation is 1. The molecule has 2 aromatic heterocycles. The zero-order valence-corrected chi connectivity index (χ0v) is 14.6. The number of hydrogen-bond acceptors (Lipinski definition) is 5. The first-order valence-corrected chi connectivity index (χ1v) is 8.73. The van der Waals surface area contributed by atoms with Crippen LogP contribution in [0.25, 0.3) is 22.3 Å². The average molecular weight is 367 g/mol. The summed E-state index contributed by atoms with van der Waals surface area (Å²) in [4.78, 5) is 17.7. The van der Waals surface area contributed by atoms with Crippen molar-refractivity contribution < 1.29 is 9.18 Å². The largest absolute Gasteiger partial charge is 0.300 e. The maximum atomic E-state index is 13.1. The number of rotatable bonds is 4. The second kappa shape index (κ2) is 6.64. The van der Waals surface area contributed by atoms with Crippen LogP contribution in [0.1, 0.15) is 4.88 Å². The predicted molar refractivity (Wildman–Crippen MR) is 98.4 cm³/mol. The Morgan fingerprint density at radius 2 is 1.96 bits per heavy atom. The highest BCUT2D eigenvalue weighted by Crippen LogP contribution is 2.30. The molecule has 4 rings (SSSR count). The fourth-order valence-electron chi connectivity index (χ4n) is 2.65. The number of nitrogens with one attached hydrogen (secondary N) is 1. The van der Waals surface area contributed by atoms with Gasteiger partial charge in [-0.1, -0.05) is 17.3 Å². The van der Waals surface area contributed by atoms with Gasteiger partial charge in [0.1, 0.15) is 17.9 Å². The van der Waals surface area contributed by atoms with Gasteiger partial charge in [-0.25, -0.2) is 14.1 Å². The molecule has 0 radical (unpaired) electrons. The SMILES string of the molecule is Cc1sc(NC(=O)Cn2nnc3ccccc32)nc1-c1ccc(F)cc1. The number of thiazole rings is 1. The number of benzene rings is 2. The first kappa shape index (κ1) is 16.3. The maximum absolute atomic E-state index is 13.1. The van der Waals surface area contributed by atoms with Crippen LogP contribution in [0.5, 0.6) is 0 Å². The lowest BCUT2D eigenvalue weighted by Crippen LogP contribution is -2.19. The molecule has 130 valence electrons. The summed E-state index contributed by atoms with van der Waals surface area (Å²) in [6.45, 7) is 1.96. The first-order chi connectivity index (χ1) is 12.6. The van der Waals surface area contributed by atoms with Crippen molar-refractivity contribution in [2.45, 2.75) is 13.5 Å². The number of carbonyl (C=O) groups is 1. The molecular formula is C18H14FN5OS. The summed E-state index contributed by atoms with van der Waals surface area (Å²) in [5, 5.41) is 11.3. The molecule has 0 aliphatic carbocycles. The van der Waals surface area contributed by atoms with E-state index in [1.165, 1.54) is 23.5 Å². The highest BCUT2D eigenvalue weighted by Gasteiger charge is 2.14. The minimum absolute atomic E-state index is 0.0466. The van der Waals surface area contributed by atoms with Crippen molar-refractivity contribution in [2.75, 3.05) is 5.32 Å². The Balaban J connectivity index is 1.51. The quantitative estimate of drug-likeness (QED) is 0.598. The third-order valence-corrected chi connectivity index (χ3v) is 4.76. The summed E-state index contributed by atoms with van der Waals surface area (Å²) in [5.74, 6) is -0.532. The second-order valence-electron chi connectivity index (χ2n) is 5.71. The molecule has 26 heavy (non-hydrogen) atoms. The molecule has 2 heterocycles. The molecule has 1 N–H and O–H groups in total. The van der Waals surface area contributed by atoms with Crippen molar-refractivity contribution in [2.24, 2.45) is 0 Å². The van der Waals surface area contributed by atoms with Crippen LogP contribution in [-0.2, 0) is 11.3 Å². The van der Waals surface area contributed by atoms with Gasteiger partial charge in [-0.2, -0.15) is 0 Å². The van der Waals surface area contributed by atoms with E-state index in [1.54, 1.807) is 16.8 Å². The summed E-state index contributed by atoms with van der Waals surface area (Å²) in [6, 6.07) is 13.6. The van der Waals surface area contributed by atoms with Gasteiger partial charge in [0.05, 0.1) is 11.2 Å². The van der Waals surface area contributed by atoms with Crippen molar-refractivity contribution in [1.29, 1.82) is 0 Å².